The van der Waals surface area contributed by atoms with E-state index in [9.17, 15) is 29.7 Å². The number of hydrogen-bond acceptors (Lipinski definition) is 5. The first-order chi connectivity index (χ1) is 13.0. The number of rotatable bonds is 2. The van der Waals surface area contributed by atoms with Crippen molar-refractivity contribution in [3.05, 3.63) is 11.6 Å². The Hall–Kier alpha value is -1.53. The van der Waals surface area contributed by atoms with Gasteiger partial charge in [0.15, 0.2) is 11.4 Å². The summed E-state index contributed by atoms with van der Waals surface area (Å²) < 4.78 is 0. The zero-order chi connectivity index (χ0) is 20.6. The fourth-order valence-electron chi connectivity index (χ4n) is 7.72. The summed E-state index contributed by atoms with van der Waals surface area (Å²) in [5.41, 5.74) is -2.15. The van der Waals surface area contributed by atoms with Crippen LogP contribution in [-0.4, -0.2) is 45.1 Å². The average Bonchev–Trinajstić information content (AvgIpc) is 2.88. The van der Waals surface area contributed by atoms with Gasteiger partial charge < -0.3 is 20.1 Å². The molecule has 0 radical (unpaired) electrons. The third-order valence-electron chi connectivity index (χ3n) is 8.98. The smallest absolute Gasteiger partial charge is 0.336 e. The number of aliphatic hydroxyl groups is 2. The summed E-state index contributed by atoms with van der Waals surface area (Å²) in [5, 5.41) is 32.0. The Morgan fingerprint density at radius 1 is 1.29 bits per heavy atom. The fourth-order valence-corrected chi connectivity index (χ4v) is 7.72. The number of aliphatic carboxylic acids is 1. The molecule has 9 atom stereocenters. The van der Waals surface area contributed by atoms with Crippen LogP contribution in [0.25, 0.3) is 0 Å². The Bertz CT molecular complexity index is 773. The van der Waals surface area contributed by atoms with Crippen LogP contribution in [-0.2, 0) is 14.4 Å². The zero-order valence-electron chi connectivity index (χ0n) is 16.7. The maximum absolute atomic E-state index is 12.3. The quantitative estimate of drug-likeness (QED) is 0.491. The lowest BCUT2D eigenvalue weighted by Crippen LogP contribution is -2.62. The number of hydrogen-bond donors (Lipinski definition) is 3. The first-order valence-electron chi connectivity index (χ1n) is 10.3. The highest BCUT2D eigenvalue weighted by atomic mass is 16.4. The largest absolute Gasteiger partial charge is 0.479 e. The molecule has 0 amide bonds. The molecule has 0 aromatic carbocycles. The van der Waals surface area contributed by atoms with Crippen LogP contribution >= 0.6 is 0 Å². The molecule has 6 heteroatoms. The molecule has 154 valence electrons. The molecule has 0 aliphatic heterocycles. The highest BCUT2D eigenvalue weighted by Crippen LogP contribution is 2.68. The minimum Gasteiger partial charge on any atom is -0.479 e. The molecule has 6 nitrogen and oxygen atoms in total. The molecule has 4 aliphatic carbocycles. The first kappa shape index (κ1) is 19.8. The Labute approximate surface area is 165 Å². The average molecular weight is 390 g/mol. The van der Waals surface area contributed by atoms with E-state index in [0.29, 0.717) is 19.1 Å². The highest BCUT2D eigenvalue weighted by Gasteiger charge is 2.69. The SMILES string of the molecule is C[C@H]1C[C@@H]2[C@H]([C@@H](O)C[C@@]3(C)[C@H]2CC[C@]3(O)C(=O)O)[C@@]2(C)CC(C=O)C(=O)C=C12. The predicted molar refractivity (Wildman–Crippen MR) is 100 cm³/mol. The van der Waals surface area contributed by atoms with Crippen molar-refractivity contribution < 1.29 is 29.7 Å². The lowest BCUT2D eigenvalue weighted by molar-refractivity contribution is -0.196. The molecular weight excluding hydrogens is 360 g/mol. The van der Waals surface area contributed by atoms with Crippen LogP contribution in [0.15, 0.2) is 11.6 Å². The van der Waals surface area contributed by atoms with Gasteiger partial charge in [0.1, 0.15) is 6.29 Å². The van der Waals surface area contributed by atoms with Gasteiger partial charge in [-0.1, -0.05) is 26.3 Å². The van der Waals surface area contributed by atoms with Crippen molar-refractivity contribution in [2.24, 2.45) is 40.4 Å². The Balaban J connectivity index is 1.80. The van der Waals surface area contributed by atoms with Crippen molar-refractivity contribution in [1.82, 2.24) is 0 Å². The normalized spacial score (nSPS) is 52.9. The van der Waals surface area contributed by atoms with Crippen molar-refractivity contribution >= 4 is 18.0 Å². The Morgan fingerprint density at radius 3 is 2.57 bits per heavy atom. The number of carbonyl (C=O) groups excluding carboxylic acids is 2. The third kappa shape index (κ3) is 2.25. The molecule has 0 aromatic rings. The molecule has 3 fully saturated rings. The zero-order valence-corrected chi connectivity index (χ0v) is 16.7. The Kier molecular flexibility index (Phi) is 4.23. The van der Waals surface area contributed by atoms with Gasteiger partial charge in [-0.3, -0.25) is 4.79 Å². The second-order valence-electron chi connectivity index (χ2n) is 10.2. The fraction of sp³-hybridized carbons (Fsp3) is 0.773. The number of carbonyl (C=O) groups is 3. The van der Waals surface area contributed by atoms with Crippen molar-refractivity contribution in [2.45, 2.75) is 64.6 Å². The standard InChI is InChI=1S/C22H30O6/c1-11-6-13-14-4-5-22(28,19(26)27)21(14,3)9-17(25)18(13)20(2)8-12(10-23)16(24)7-15(11)20/h7,10-14,17-18,25,28H,4-6,8-9H2,1-3H3,(H,26,27)/t11-,12?,13-,14-,17-,18+,20-,21-,22-/m0/s1. The number of allylic oxidation sites excluding steroid dienone is 1. The molecule has 0 aromatic heterocycles. The predicted octanol–water partition coefficient (Wildman–Crippen LogP) is 1.98. The summed E-state index contributed by atoms with van der Waals surface area (Å²) in [6.07, 6.45) is 3.76. The van der Waals surface area contributed by atoms with Crippen LogP contribution in [0.2, 0.25) is 0 Å². The van der Waals surface area contributed by atoms with E-state index in [0.717, 1.165) is 12.0 Å². The summed E-state index contributed by atoms with van der Waals surface area (Å²) in [6.45, 7) is 5.94. The number of aldehydes is 1. The van der Waals surface area contributed by atoms with Crippen LogP contribution in [0.3, 0.4) is 0 Å². The van der Waals surface area contributed by atoms with E-state index in [4.69, 9.17) is 0 Å². The maximum Gasteiger partial charge on any atom is 0.336 e. The Morgan fingerprint density at radius 2 is 1.96 bits per heavy atom. The molecule has 4 aliphatic rings. The van der Waals surface area contributed by atoms with E-state index in [1.54, 1.807) is 6.08 Å². The molecule has 0 heterocycles. The number of carboxylic acids is 1. The number of carboxylic acid groups (broad SMARTS) is 1. The van der Waals surface area contributed by atoms with Crippen molar-refractivity contribution in [3.63, 3.8) is 0 Å². The lowest BCUT2D eigenvalue weighted by Gasteiger charge is -2.61. The van der Waals surface area contributed by atoms with E-state index in [1.165, 1.54) is 0 Å². The second kappa shape index (κ2) is 5.99. The van der Waals surface area contributed by atoms with Gasteiger partial charge >= 0.3 is 5.97 Å². The summed E-state index contributed by atoms with van der Waals surface area (Å²) >= 11 is 0. The summed E-state index contributed by atoms with van der Waals surface area (Å²) in [5.74, 6) is -2.00. The van der Waals surface area contributed by atoms with Crippen molar-refractivity contribution in [3.8, 4) is 0 Å². The van der Waals surface area contributed by atoms with Gasteiger partial charge in [0, 0.05) is 5.41 Å². The van der Waals surface area contributed by atoms with Crippen LogP contribution in [0.1, 0.15) is 52.9 Å². The molecule has 0 spiro atoms. The number of aliphatic hydroxyl groups excluding tert-OH is 1. The van der Waals surface area contributed by atoms with Gasteiger partial charge in [-0.2, -0.15) is 0 Å². The van der Waals surface area contributed by atoms with E-state index < -0.39 is 34.4 Å². The van der Waals surface area contributed by atoms with Crippen LogP contribution in [0.5, 0.6) is 0 Å². The van der Waals surface area contributed by atoms with Gasteiger partial charge in [-0.15, -0.1) is 0 Å². The molecule has 0 bridgehead atoms. The number of ketones is 1. The van der Waals surface area contributed by atoms with Gasteiger partial charge in [0.25, 0.3) is 0 Å². The van der Waals surface area contributed by atoms with Gasteiger partial charge in [-0.05, 0) is 67.3 Å². The molecule has 3 N–H and O–H groups in total. The third-order valence-corrected chi connectivity index (χ3v) is 8.98. The highest BCUT2D eigenvalue weighted by molar-refractivity contribution is 6.02. The van der Waals surface area contributed by atoms with Crippen LogP contribution in [0, 0.1) is 40.4 Å². The summed E-state index contributed by atoms with van der Waals surface area (Å²) in [6, 6.07) is 0. The van der Waals surface area contributed by atoms with Gasteiger partial charge in [-0.25, -0.2) is 4.79 Å². The monoisotopic (exact) mass is 390 g/mol. The van der Waals surface area contributed by atoms with E-state index >= 15 is 0 Å². The molecule has 28 heavy (non-hydrogen) atoms. The molecule has 0 saturated heterocycles. The first-order valence-corrected chi connectivity index (χ1v) is 10.3. The molecular formula is C22H30O6. The van der Waals surface area contributed by atoms with E-state index in [1.807, 2.05) is 6.92 Å². The number of fused-ring (bicyclic) bond motifs is 5. The minimum absolute atomic E-state index is 0.00451. The summed E-state index contributed by atoms with van der Waals surface area (Å²) in [7, 11) is 0. The topological polar surface area (TPSA) is 112 Å². The van der Waals surface area contributed by atoms with Gasteiger partial charge in [0.2, 0.25) is 0 Å². The van der Waals surface area contributed by atoms with E-state index in [2.05, 4.69) is 13.8 Å². The molecule has 1 unspecified atom stereocenters. The summed E-state index contributed by atoms with van der Waals surface area (Å²) in [4.78, 5) is 35.7. The van der Waals surface area contributed by atoms with Crippen LogP contribution in [0.4, 0.5) is 0 Å². The lowest BCUT2D eigenvalue weighted by atomic mass is 9.43. The second-order valence-corrected chi connectivity index (χ2v) is 10.2. The molecule has 3 saturated carbocycles. The maximum atomic E-state index is 12.3. The van der Waals surface area contributed by atoms with Crippen LogP contribution < -0.4 is 0 Å². The minimum atomic E-state index is -1.82. The van der Waals surface area contributed by atoms with Crippen molar-refractivity contribution in [2.75, 3.05) is 0 Å². The molecule has 4 rings (SSSR count). The van der Waals surface area contributed by atoms with E-state index in [-0.39, 0.29) is 42.3 Å². The van der Waals surface area contributed by atoms with Crippen molar-refractivity contribution in [1.29, 1.82) is 0 Å². The van der Waals surface area contributed by atoms with Gasteiger partial charge in [0.05, 0.1) is 12.0 Å².